The van der Waals surface area contributed by atoms with Crippen LogP contribution in [-0.4, -0.2) is 19.0 Å². The molecule has 0 bridgehead atoms. The molecule has 1 aromatic carbocycles. The highest BCUT2D eigenvalue weighted by molar-refractivity contribution is 5.78. The summed E-state index contributed by atoms with van der Waals surface area (Å²) in [6.45, 7) is 7.42. The number of benzene rings is 1. The Hall–Kier alpha value is -1.35. The molecule has 0 heterocycles. The summed E-state index contributed by atoms with van der Waals surface area (Å²) in [5.74, 6) is 0.0477. The summed E-state index contributed by atoms with van der Waals surface area (Å²) in [5.41, 5.74) is 2.37. The normalized spacial score (nSPS) is 12.2. The Balaban J connectivity index is 2.40. The van der Waals surface area contributed by atoms with E-state index in [0.717, 1.165) is 18.5 Å². The van der Waals surface area contributed by atoms with Crippen LogP contribution in [0.3, 0.4) is 0 Å². The average Bonchev–Trinajstić information content (AvgIpc) is 2.30. The van der Waals surface area contributed by atoms with Gasteiger partial charge >= 0.3 is 0 Å². The first kappa shape index (κ1) is 13.7. The van der Waals surface area contributed by atoms with E-state index < -0.39 is 0 Å². The molecular weight excluding hydrogens is 212 g/mol. The Morgan fingerprint density at radius 2 is 1.94 bits per heavy atom. The van der Waals surface area contributed by atoms with Crippen LogP contribution in [0.5, 0.6) is 0 Å². The molecule has 3 heteroatoms. The largest absolute Gasteiger partial charge is 0.348 e. The molecule has 0 saturated carbocycles. The molecule has 94 valence electrons. The van der Waals surface area contributed by atoms with Crippen LogP contribution in [0.25, 0.3) is 0 Å². The van der Waals surface area contributed by atoms with Gasteiger partial charge in [0.05, 0.1) is 12.6 Å². The van der Waals surface area contributed by atoms with Crippen molar-refractivity contribution in [1.29, 1.82) is 0 Å². The molecule has 2 N–H and O–H groups in total. The summed E-state index contributed by atoms with van der Waals surface area (Å²) in [6, 6.07) is 8.30. The van der Waals surface area contributed by atoms with Gasteiger partial charge in [0.1, 0.15) is 0 Å². The van der Waals surface area contributed by atoms with Crippen LogP contribution in [0.4, 0.5) is 0 Å². The predicted octanol–water partition coefficient (Wildman–Crippen LogP) is 2.17. The van der Waals surface area contributed by atoms with Gasteiger partial charge < -0.3 is 10.6 Å². The van der Waals surface area contributed by atoms with Crippen LogP contribution < -0.4 is 10.6 Å². The number of amides is 1. The van der Waals surface area contributed by atoms with Crippen molar-refractivity contribution in [2.24, 2.45) is 0 Å². The van der Waals surface area contributed by atoms with Gasteiger partial charge in [0.25, 0.3) is 0 Å². The van der Waals surface area contributed by atoms with Gasteiger partial charge in [0.15, 0.2) is 0 Å². The van der Waals surface area contributed by atoms with E-state index >= 15 is 0 Å². The second kappa shape index (κ2) is 7.07. The predicted molar refractivity (Wildman–Crippen MR) is 70.9 cm³/mol. The fourth-order valence-electron chi connectivity index (χ4n) is 1.61. The van der Waals surface area contributed by atoms with Gasteiger partial charge in [0.2, 0.25) is 5.91 Å². The Labute approximate surface area is 104 Å². The molecule has 1 rings (SSSR count). The quantitative estimate of drug-likeness (QED) is 0.741. The van der Waals surface area contributed by atoms with Crippen LogP contribution in [0.2, 0.25) is 0 Å². The van der Waals surface area contributed by atoms with E-state index in [9.17, 15) is 4.79 Å². The number of carbonyl (C=O) groups excluding carboxylic acids is 1. The number of hydrogen-bond donors (Lipinski definition) is 2. The van der Waals surface area contributed by atoms with Gasteiger partial charge in [-0.3, -0.25) is 4.79 Å². The Bertz CT molecular complexity index is 346. The molecular formula is C14H22N2O. The lowest BCUT2D eigenvalue weighted by molar-refractivity contribution is -0.120. The molecule has 1 atom stereocenters. The number of carbonyl (C=O) groups is 1. The third kappa shape index (κ3) is 5.00. The molecule has 0 unspecified atom stereocenters. The van der Waals surface area contributed by atoms with Crippen LogP contribution in [0.1, 0.15) is 37.4 Å². The first-order valence-electron chi connectivity index (χ1n) is 6.20. The summed E-state index contributed by atoms with van der Waals surface area (Å²) < 4.78 is 0. The molecule has 0 radical (unpaired) electrons. The topological polar surface area (TPSA) is 41.1 Å². The molecule has 0 aliphatic heterocycles. The lowest BCUT2D eigenvalue weighted by atomic mass is 10.1. The SMILES string of the molecule is CCCNCC(=O)N[C@@H](C)c1ccc(C)cc1. The zero-order valence-corrected chi connectivity index (χ0v) is 10.9. The van der Waals surface area contributed by atoms with E-state index in [-0.39, 0.29) is 11.9 Å². The zero-order valence-electron chi connectivity index (χ0n) is 10.9. The van der Waals surface area contributed by atoms with E-state index in [4.69, 9.17) is 0 Å². The highest BCUT2D eigenvalue weighted by Crippen LogP contribution is 2.12. The molecule has 3 nitrogen and oxygen atoms in total. The molecule has 0 saturated heterocycles. The maximum atomic E-state index is 11.6. The van der Waals surface area contributed by atoms with Crippen molar-refractivity contribution in [1.82, 2.24) is 10.6 Å². The molecule has 1 amide bonds. The minimum Gasteiger partial charge on any atom is -0.348 e. The first-order valence-corrected chi connectivity index (χ1v) is 6.20. The molecule has 0 aliphatic carbocycles. The van der Waals surface area contributed by atoms with Gasteiger partial charge in [-0.1, -0.05) is 36.8 Å². The zero-order chi connectivity index (χ0) is 12.7. The molecule has 1 aromatic rings. The van der Waals surface area contributed by atoms with E-state index in [1.807, 2.05) is 6.92 Å². The fourth-order valence-corrected chi connectivity index (χ4v) is 1.61. The average molecular weight is 234 g/mol. The van der Waals surface area contributed by atoms with Gasteiger partial charge in [-0.15, -0.1) is 0 Å². The second-order valence-electron chi connectivity index (χ2n) is 4.38. The second-order valence-corrected chi connectivity index (χ2v) is 4.38. The van der Waals surface area contributed by atoms with Crippen molar-refractivity contribution in [2.75, 3.05) is 13.1 Å². The molecule has 0 aliphatic rings. The smallest absolute Gasteiger partial charge is 0.234 e. The summed E-state index contributed by atoms with van der Waals surface area (Å²) in [6.07, 6.45) is 1.04. The maximum Gasteiger partial charge on any atom is 0.234 e. The van der Waals surface area contributed by atoms with Crippen molar-refractivity contribution in [3.05, 3.63) is 35.4 Å². The summed E-state index contributed by atoms with van der Waals surface area (Å²) in [5, 5.41) is 6.06. The minimum absolute atomic E-state index is 0.0477. The monoisotopic (exact) mass is 234 g/mol. The van der Waals surface area contributed by atoms with Crippen molar-refractivity contribution >= 4 is 5.91 Å². The lowest BCUT2D eigenvalue weighted by Gasteiger charge is -2.14. The summed E-state index contributed by atoms with van der Waals surface area (Å²) >= 11 is 0. The number of hydrogen-bond acceptors (Lipinski definition) is 2. The van der Waals surface area contributed by atoms with Gasteiger partial charge in [-0.25, -0.2) is 0 Å². The Kier molecular flexibility index (Phi) is 5.70. The third-order valence-electron chi connectivity index (χ3n) is 2.67. The first-order chi connectivity index (χ1) is 8.13. The Morgan fingerprint density at radius 1 is 1.29 bits per heavy atom. The Morgan fingerprint density at radius 3 is 2.53 bits per heavy atom. The van der Waals surface area contributed by atoms with E-state index in [0.29, 0.717) is 6.54 Å². The van der Waals surface area contributed by atoms with E-state index in [1.165, 1.54) is 5.56 Å². The number of nitrogens with one attached hydrogen (secondary N) is 2. The van der Waals surface area contributed by atoms with Gasteiger partial charge in [-0.05, 0) is 32.4 Å². The highest BCUT2D eigenvalue weighted by atomic mass is 16.1. The van der Waals surface area contributed by atoms with Crippen LogP contribution in [0.15, 0.2) is 24.3 Å². The molecule has 0 fully saturated rings. The maximum absolute atomic E-state index is 11.6. The van der Waals surface area contributed by atoms with Crippen molar-refractivity contribution in [3.8, 4) is 0 Å². The standard InChI is InChI=1S/C14H22N2O/c1-4-9-15-10-14(17)16-12(3)13-7-5-11(2)6-8-13/h5-8,12,15H,4,9-10H2,1-3H3,(H,16,17)/t12-/m0/s1. The fraction of sp³-hybridized carbons (Fsp3) is 0.500. The van der Waals surface area contributed by atoms with E-state index in [2.05, 4.69) is 48.7 Å². The molecule has 0 spiro atoms. The molecule has 0 aromatic heterocycles. The molecule has 17 heavy (non-hydrogen) atoms. The third-order valence-corrected chi connectivity index (χ3v) is 2.67. The van der Waals surface area contributed by atoms with Crippen molar-refractivity contribution in [3.63, 3.8) is 0 Å². The van der Waals surface area contributed by atoms with Crippen molar-refractivity contribution in [2.45, 2.75) is 33.2 Å². The number of aryl methyl sites for hydroxylation is 1. The lowest BCUT2D eigenvalue weighted by Crippen LogP contribution is -2.35. The van der Waals surface area contributed by atoms with Crippen molar-refractivity contribution < 1.29 is 4.79 Å². The van der Waals surface area contributed by atoms with Crippen LogP contribution >= 0.6 is 0 Å². The minimum atomic E-state index is 0.0477. The van der Waals surface area contributed by atoms with Gasteiger partial charge in [0, 0.05) is 0 Å². The van der Waals surface area contributed by atoms with Crippen LogP contribution in [0, 0.1) is 6.92 Å². The number of rotatable bonds is 6. The van der Waals surface area contributed by atoms with E-state index in [1.54, 1.807) is 0 Å². The summed E-state index contributed by atoms with van der Waals surface area (Å²) in [4.78, 5) is 11.6. The van der Waals surface area contributed by atoms with Gasteiger partial charge in [-0.2, -0.15) is 0 Å². The summed E-state index contributed by atoms with van der Waals surface area (Å²) in [7, 11) is 0. The highest BCUT2D eigenvalue weighted by Gasteiger charge is 2.08. The van der Waals surface area contributed by atoms with Crippen LogP contribution in [-0.2, 0) is 4.79 Å².